The minimum absolute atomic E-state index is 0.0973. The highest BCUT2D eigenvalue weighted by molar-refractivity contribution is 5.90. The molecule has 7 heteroatoms. The number of likely N-dealkylation sites (tertiary alicyclic amines) is 1. The molecule has 1 atom stereocenters. The number of esters is 1. The first kappa shape index (κ1) is 17.7. The van der Waals surface area contributed by atoms with Crippen molar-refractivity contribution in [1.29, 1.82) is 0 Å². The third-order valence-electron chi connectivity index (χ3n) is 3.88. The molecule has 0 bridgehead atoms. The summed E-state index contributed by atoms with van der Waals surface area (Å²) in [5, 5.41) is 10.9. The minimum Gasteiger partial charge on any atom is -0.452 e. The second-order valence-electron chi connectivity index (χ2n) is 5.84. The Morgan fingerprint density at radius 3 is 2.88 bits per heavy atom. The first-order valence-electron chi connectivity index (χ1n) is 7.83. The molecular formula is C17H20N2O5. The lowest BCUT2D eigenvalue weighted by Crippen LogP contribution is -2.41. The number of hydrogen-bond acceptors (Lipinski definition) is 5. The Labute approximate surface area is 140 Å². The Morgan fingerprint density at radius 1 is 1.42 bits per heavy atom. The molecule has 0 radical (unpaired) electrons. The number of amides is 1. The maximum atomic E-state index is 12.0. The van der Waals surface area contributed by atoms with Crippen LogP contribution in [0.2, 0.25) is 0 Å². The van der Waals surface area contributed by atoms with Crippen LogP contribution in [-0.4, -0.2) is 41.4 Å². The molecule has 1 aliphatic rings. The van der Waals surface area contributed by atoms with Crippen LogP contribution in [0.5, 0.6) is 0 Å². The summed E-state index contributed by atoms with van der Waals surface area (Å²) >= 11 is 0. The lowest BCUT2D eigenvalue weighted by atomic mass is 10.0. The van der Waals surface area contributed by atoms with Gasteiger partial charge in [-0.05, 0) is 30.9 Å². The highest BCUT2D eigenvalue weighted by Crippen LogP contribution is 2.19. The van der Waals surface area contributed by atoms with E-state index in [0.717, 1.165) is 18.9 Å². The largest absolute Gasteiger partial charge is 0.452 e. The van der Waals surface area contributed by atoms with Gasteiger partial charge in [0, 0.05) is 25.2 Å². The smallest absolute Gasteiger partial charge is 0.331 e. The van der Waals surface area contributed by atoms with E-state index in [4.69, 9.17) is 4.74 Å². The number of nitro benzene ring substituents is 1. The summed E-state index contributed by atoms with van der Waals surface area (Å²) in [5.41, 5.74) is 0.204. The second-order valence-corrected chi connectivity index (χ2v) is 5.84. The molecule has 1 heterocycles. The average Bonchev–Trinajstić information content (AvgIpc) is 2.58. The number of hydrogen-bond donors (Lipinski definition) is 0. The van der Waals surface area contributed by atoms with Crippen LogP contribution < -0.4 is 0 Å². The van der Waals surface area contributed by atoms with Crippen molar-refractivity contribution >= 4 is 23.6 Å². The topological polar surface area (TPSA) is 89.8 Å². The summed E-state index contributed by atoms with van der Waals surface area (Å²) in [5.74, 6) is -0.461. The molecule has 1 amide bonds. The number of carbonyl (C=O) groups excluding carboxylic acids is 2. The monoisotopic (exact) mass is 332 g/mol. The van der Waals surface area contributed by atoms with Crippen molar-refractivity contribution in [1.82, 2.24) is 4.90 Å². The van der Waals surface area contributed by atoms with Crippen molar-refractivity contribution in [2.75, 3.05) is 19.7 Å². The number of carbonyl (C=O) groups is 2. The average molecular weight is 332 g/mol. The van der Waals surface area contributed by atoms with Gasteiger partial charge in [-0.15, -0.1) is 0 Å². The van der Waals surface area contributed by atoms with E-state index in [1.54, 1.807) is 17.0 Å². The Hall–Kier alpha value is -2.70. The molecule has 0 spiro atoms. The van der Waals surface area contributed by atoms with Crippen LogP contribution in [0.25, 0.3) is 6.08 Å². The number of nitrogens with zero attached hydrogens (tertiary/aromatic N) is 2. The predicted molar refractivity (Wildman–Crippen MR) is 88.1 cm³/mol. The van der Waals surface area contributed by atoms with E-state index in [0.29, 0.717) is 24.6 Å². The molecule has 24 heavy (non-hydrogen) atoms. The summed E-state index contributed by atoms with van der Waals surface area (Å²) in [6.07, 6.45) is 4.46. The minimum atomic E-state index is -0.702. The second kappa shape index (κ2) is 8.24. The van der Waals surface area contributed by atoms with Crippen molar-refractivity contribution in [3.05, 3.63) is 46.0 Å². The third-order valence-corrected chi connectivity index (χ3v) is 3.88. The van der Waals surface area contributed by atoms with E-state index in [1.165, 1.54) is 18.2 Å². The van der Waals surface area contributed by atoms with E-state index < -0.39 is 10.9 Å². The SMILES string of the molecule is C[C@H]1CCCN(C(=O)COC(=O)/C=C/c2ccccc2[N+](=O)[O-])C1. The Kier molecular flexibility index (Phi) is 6.06. The standard InChI is InChI=1S/C17H20N2O5/c1-13-5-4-10-18(11-13)16(20)12-24-17(21)9-8-14-6-2-3-7-15(14)19(22)23/h2-3,6-9,13H,4-5,10-12H2,1H3/b9-8+/t13-/m0/s1. The molecule has 0 aliphatic carbocycles. The van der Waals surface area contributed by atoms with Crippen molar-refractivity contribution in [3.63, 3.8) is 0 Å². The van der Waals surface area contributed by atoms with Gasteiger partial charge in [0.05, 0.1) is 10.5 Å². The normalized spacial score (nSPS) is 17.7. The third kappa shape index (κ3) is 4.91. The number of benzene rings is 1. The molecule has 1 fully saturated rings. The maximum Gasteiger partial charge on any atom is 0.331 e. The Balaban J connectivity index is 1.87. The molecular weight excluding hydrogens is 312 g/mol. The number of rotatable bonds is 5. The van der Waals surface area contributed by atoms with E-state index in [2.05, 4.69) is 6.92 Å². The molecule has 1 aliphatic heterocycles. The molecule has 7 nitrogen and oxygen atoms in total. The van der Waals surface area contributed by atoms with Gasteiger partial charge in [0.15, 0.2) is 6.61 Å². The zero-order valence-electron chi connectivity index (χ0n) is 13.5. The van der Waals surface area contributed by atoms with Crippen LogP contribution in [0.4, 0.5) is 5.69 Å². The van der Waals surface area contributed by atoms with Gasteiger partial charge in [-0.2, -0.15) is 0 Å². The molecule has 128 valence electrons. The lowest BCUT2D eigenvalue weighted by Gasteiger charge is -2.30. The molecule has 0 unspecified atom stereocenters. The summed E-state index contributed by atoms with van der Waals surface area (Å²) in [7, 11) is 0. The van der Waals surface area contributed by atoms with Crippen LogP contribution in [0, 0.1) is 16.0 Å². The fourth-order valence-corrected chi connectivity index (χ4v) is 2.64. The van der Waals surface area contributed by atoms with Gasteiger partial charge in [0.1, 0.15) is 0 Å². The number of ether oxygens (including phenoxy) is 1. The van der Waals surface area contributed by atoms with Gasteiger partial charge < -0.3 is 9.64 Å². The van der Waals surface area contributed by atoms with Gasteiger partial charge in [0.2, 0.25) is 0 Å². The van der Waals surface area contributed by atoms with E-state index in [1.807, 2.05) is 0 Å². The van der Waals surface area contributed by atoms with Crippen molar-refractivity contribution < 1.29 is 19.2 Å². The fraction of sp³-hybridized carbons (Fsp3) is 0.412. The number of nitro groups is 1. The van der Waals surface area contributed by atoms with E-state index in [-0.39, 0.29) is 18.2 Å². The van der Waals surface area contributed by atoms with Crippen LogP contribution in [-0.2, 0) is 14.3 Å². The first-order valence-corrected chi connectivity index (χ1v) is 7.83. The lowest BCUT2D eigenvalue weighted by molar-refractivity contribution is -0.385. The Morgan fingerprint density at radius 2 is 2.17 bits per heavy atom. The maximum absolute atomic E-state index is 12.0. The molecule has 1 aromatic carbocycles. The summed E-state index contributed by atoms with van der Waals surface area (Å²) in [4.78, 5) is 35.8. The van der Waals surface area contributed by atoms with Crippen molar-refractivity contribution in [3.8, 4) is 0 Å². The van der Waals surface area contributed by atoms with Gasteiger partial charge in [0.25, 0.3) is 11.6 Å². The van der Waals surface area contributed by atoms with Gasteiger partial charge in [-0.3, -0.25) is 14.9 Å². The van der Waals surface area contributed by atoms with Crippen LogP contribution in [0.15, 0.2) is 30.3 Å². The highest BCUT2D eigenvalue weighted by Gasteiger charge is 2.21. The number of piperidine rings is 1. The summed E-state index contributed by atoms with van der Waals surface area (Å²) < 4.78 is 4.93. The van der Waals surface area contributed by atoms with Gasteiger partial charge in [-0.1, -0.05) is 19.1 Å². The molecule has 0 N–H and O–H groups in total. The zero-order chi connectivity index (χ0) is 17.5. The Bertz CT molecular complexity index is 656. The molecule has 2 rings (SSSR count). The summed E-state index contributed by atoms with van der Waals surface area (Å²) in [6.45, 7) is 3.14. The van der Waals surface area contributed by atoms with Gasteiger partial charge in [-0.25, -0.2) is 4.79 Å². The first-order chi connectivity index (χ1) is 11.5. The zero-order valence-corrected chi connectivity index (χ0v) is 13.5. The predicted octanol–water partition coefficient (Wildman–Crippen LogP) is 2.41. The van der Waals surface area contributed by atoms with Crippen molar-refractivity contribution in [2.24, 2.45) is 5.92 Å². The van der Waals surface area contributed by atoms with Crippen LogP contribution in [0.1, 0.15) is 25.3 Å². The quantitative estimate of drug-likeness (QED) is 0.357. The van der Waals surface area contributed by atoms with Crippen molar-refractivity contribution in [2.45, 2.75) is 19.8 Å². The van der Waals surface area contributed by atoms with E-state index >= 15 is 0 Å². The molecule has 0 saturated carbocycles. The summed E-state index contributed by atoms with van der Waals surface area (Å²) in [6, 6.07) is 6.07. The van der Waals surface area contributed by atoms with E-state index in [9.17, 15) is 19.7 Å². The van der Waals surface area contributed by atoms with Crippen LogP contribution >= 0.6 is 0 Å². The number of para-hydroxylation sites is 1. The fourth-order valence-electron chi connectivity index (χ4n) is 2.64. The highest BCUT2D eigenvalue weighted by atomic mass is 16.6. The molecule has 1 saturated heterocycles. The van der Waals surface area contributed by atoms with Crippen LogP contribution in [0.3, 0.4) is 0 Å². The molecule has 0 aromatic heterocycles. The molecule has 1 aromatic rings. The van der Waals surface area contributed by atoms with Gasteiger partial charge >= 0.3 is 5.97 Å².